The van der Waals surface area contributed by atoms with Crippen molar-refractivity contribution in [3.63, 3.8) is 0 Å². The fraction of sp³-hybridized carbons (Fsp3) is 0.143. The van der Waals surface area contributed by atoms with Crippen LogP contribution in [0.25, 0.3) is 0 Å². The summed E-state index contributed by atoms with van der Waals surface area (Å²) >= 11 is 0. The molecule has 0 aliphatic carbocycles. The van der Waals surface area contributed by atoms with Gasteiger partial charge in [0.25, 0.3) is 5.91 Å². The minimum absolute atomic E-state index is 0.0553. The predicted molar refractivity (Wildman–Crippen MR) is 73.9 cm³/mol. The molecule has 0 saturated heterocycles. The number of nitrogens with zero attached hydrogens (tertiary/aromatic N) is 2. The van der Waals surface area contributed by atoms with Crippen LogP contribution in [0.4, 0.5) is 11.4 Å². The molecule has 1 aromatic carbocycles. The normalized spacial score (nSPS) is 13.2. The number of amides is 1. The molecule has 5 nitrogen and oxygen atoms in total. The van der Waals surface area contributed by atoms with E-state index < -0.39 is 0 Å². The number of carbonyl (C=O) groups is 1. The van der Waals surface area contributed by atoms with Crippen LogP contribution in [0.2, 0.25) is 0 Å². The average molecular weight is 254 g/mol. The number of carbonyl (C=O) groups excluding carboxylic acids is 1. The highest BCUT2D eigenvalue weighted by molar-refractivity contribution is 6.10. The van der Waals surface area contributed by atoms with Gasteiger partial charge in [0.05, 0.1) is 17.4 Å². The molecule has 5 heteroatoms. The van der Waals surface area contributed by atoms with Crippen molar-refractivity contribution >= 4 is 17.3 Å². The van der Waals surface area contributed by atoms with Gasteiger partial charge in [0, 0.05) is 18.4 Å². The lowest BCUT2D eigenvalue weighted by Gasteiger charge is -2.18. The smallest absolute Gasteiger partial charge is 0.260 e. The molecule has 96 valence electrons. The summed E-state index contributed by atoms with van der Waals surface area (Å²) in [6, 6.07) is 9.64. The third-order valence-corrected chi connectivity index (χ3v) is 3.34. The molecule has 1 aliphatic rings. The van der Waals surface area contributed by atoms with Gasteiger partial charge in [0.2, 0.25) is 0 Å². The third kappa shape index (κ3) is 1.94. The summed E-state index contributed by atoms with van der Waals surface area (Å²) in [5.74, 6) is 5.37. The molecule has 0 radical (unpaired) electrons. The van der Waals surface area contributed by atoms with Crippen molar-refractivity contribution in [3.8, 4) is 0 Å². The lowest BCUT2D eigenvalue weighted by atomic mass is 10.1. The number of benzene rings is 1. The number of rotatable bonds is 2. The third-order valence-electron chi connectivity index (χ3n) is 3.34. The van der Waals surface area contributed by atoms with E-state index in [0.29, 0.717) is 17.8 Å². The Morgan fingerprint density at radius 1 is 1.32 bits per heavy atom. The second kappa shape index (κ2) is 4.70. The number of para-hydroxylation sites is 1. The Morgan fingerprint density at radius 2 is 2.16 bits per heavy atom. The maximum absolute atomic E-state index is 12.6. The van der Waals surface area contributed by atoms with Crippen LogP contribution < -0.4 is 16.2 Å². The van der Waals surface area contributed by atoms with Gasteiger partial charge in [0.15, 0.2) is 0 Å². The zero-order chi connectivity index (χ0) is 13.2. The summed E-state index contributed by atoms with van der Waals surface area (Å²) in [6.45, 7) is 0.699. The first-order valence-electron chi connectivity index (χ1n) is 6.11. The van der Waals surface area contributed by atoms with Crippen molar-refractivity contribution in [2.75, 3.05) is 16.9 Å². The molecule has 3 rings (SSSR count). The lowest BCUT2D eigenvalue weighted by Crippen LogP contribution is -2.30. The quantitative estimate of drug-likeness (QED) is 0.630. The van der Waals surface area contributed by atoms with Gasteiger partial charge >= 0.3 is 0 Å². The van der Waals surface area contributed by atoms with Crippen molar-refractivity contribution in [1.82, 2.24) is 4.98 Å². The van der Waals surface area contributed by atoms with Crippen LogP contribution >= 0.6 is 0 Å². The van der Waals surface area contributed by atoms with Gasteiger partial charge in [-0.2, -0.15) is 0 Å². The van der Waals surface area contributed by atoms with E-state index in [-0.39, 0.29) is 5.91 Å². The van der Waals surface area contributed by atoms with E-state index in [4.69, 9.17) is 5.84 Å². The first-order chi connectivity index (χ1) is 9.31. The topological polar surface area (TPSA) is 71.2 Å². The maximum Gasteiger partial charge on any atom is 0.260 e. The standard InChI is InChI=1S/C14H14N4O/c15-17-12-9-16-7-5-11(12)14(19)18-8-6-10-3-1-2-4-13(10)18/h1-5,7,9,17H,6,8,15H2. The molecule has 0 unspecified atom stereocenters. The molecule has 1 aromatic heterocycles. The highest BCUT2D eigenvalue weighted by atomic mass is 16.2. The Labute approximate surface area is 111 Å². The molecule has 19 heavy (non-hydrogen) atoms. The van der Waals surface area contributed by atoms with E-state index in [2.05, 4.69) is 16.5 Å². The maximum atomic E-state index is 12.6. The number of nitrogen functional groups attached to an aromatic ring is 1. The highest BCUT2D eigenvalue weighted by Gasteiger charge is 2.26. The fourth-order valence-corrected chi connectivity index (χ4v) is 2.39. The van der Waals surface area contributed by atoms with Gasteiger partial charge in [0.1, 0.15) is 0 Å². The highest BCUT2D eigenvalue weighted by Crippen LogP contribution is 2.29. The Kier molecular flexibility index (Phi) is 2.89. The SMILES string of the molecule is NNc1cnccc1C(=O)N1CCc2ccccc21. The van der Waals surface area contributed by atoms with Crippen LogP contribution in [-0.2, 0) is 6.42 Å². The van der Waals surface area contributed by atoms with Crippen molar-refractivity contribution < 1.29 is 4.79 Å². The minimum atomic E-state index is -0.0553. The van der Waals surface area contributed by atoms with E-state index in [1.807, 2.05) is 18.2 Å². The van der Waals surface area contributed by atoms with Crippen LogP contribution in [0.1, 0.15) is 15.9 Å². The Hall–Kier alpha value is -2.40. The second-order valence-corrected chi connectivity index (χ2v) is 4.40. The summed E-state index contributed by atoms with van der Waals surface area (Å²) in [5.41, 5.74) is 5.77. The number of anilines is 2. The predicted octanol–water partition coefficient (Wildman–Crippen LogP) is 1.57. The zero-order valence-electron chi connectivity index (χ0n) is 10.3. The molecule has 3 N–H and O–H groups in total. The van der Waals surface area contributed by atoms with Crippen LogP contribution in [0, 0.1) is 0 Å². The summed E-state index contributed by atoms with van der Waals surface area (Å²) < 4.78 is 0. The molecule has 2 aromatic rings. The molecule has 0 atom stereocenters. The second-order valence-electron chi connectivity index (χ2n) is 4.40. The molecule has 2 heterocycles. The van der Waals surface area contributed by atoms with E-state index >= 15 is 0 Å². The van der Waals surface area contributed by atoms with Crippen LogP contribution in [0.5, 0.6) is 0 Å². The van der Waals surface area contributed by atoms with Crippen LogP contribution in [0.3, 0.4) is 0 Å². The number of pyridine rings is 1. The molecule has 1 aliphatic heterocycles. The summed E-state index contributed by atoms with van der Waals surface area (Å²) in [4.78, 5) is 18.3. The van der Waals surface area contributed by atoms with Crippen molar-refractivity contribution in [2.24, 2.45) is 5.84 Å². The number of hydrogen-bond acceptors (Lipinski definition) is 4. The summed E-state index contributed by atoms with van der Waals surface area (Å²) in [6.07, 6.45) is 4.03. The lowest BCUT2D eigenvalue weighted by molar-refractivity contribution is 0.0990. The minimum Gasteiger partial charge on any atom is -0.322 e. The summed E-state index contributed by atoms with van der Waals surface area (Å²) in [7, 11) is 0. The molecule has 0 fully saturated rings. The van der Waals surface area contributed by atoms with Gasteiger partial charge in [-0.15, -0.1) is 0 Å². The fourth-order valence-electron chi connectivity index (χ4n) is 2.39. The molecule has 0 bridgehead atoms. The summed E-state index contributed by atoms with van der Waals surface area (Å²) in [5, 5.41) is 0. The Bertz CT molecular complexity index is 626. The number of nitrogens with one attached hydrogen (secondary N) is 1. The zero-order valence-corrected chi connectivity index (χ0v) is 10.3. The van der Waals surface area contributed by atoms with E-state index in [1.165, 1.54) is 5.56 Å². The van der Waals surface area contributed by atoms with E-state index in [0.717, 1.165) is 12.1 Å². The average Bonchev–Trinajstić information content (AvgIpc) is 2.90. The van der Waals surface area contributed by atoms with Crippen molar-refractivity contribution in [2.45, 2.75) is 6.42 Å². The van der Waals surface area contributed by atoms with Crippen LogP contribution in [0.15, 0.2) is 42.7 Å². The Balaban J connectivity index is 1.98. The van der Waals surface area contributed by atoms with Crippen LogP contribution in [-0.4, -0.2) is 17.4 Å². The first kappa shape index (κ1) is 11.7. The van der Waals surface area contributed by atoms with Gasteiger partial charge in [-0.3, -0.25) is 15.6 Å². The van der Waals surface area contributed by atoms with Gasteiger partial charge in [-0.25, -0.2) is 0 Å². The van der Waals surface area contributed by atoms with Gasteiger partial charge < -0.3 is 10.3 Å². The molecule has 0 saturated carbocycles. The number of fused-ring (bicyclic) bond motifs is 1. The number of nitrogens with two attached hydrogens (primary N) is 1. The van der Waals surface area contributed by atoms with Crippen molar-refractivity contribution in [1.29, 1.82) is 0 Å². The number of hydrazine groups is 1. The number of aromatic nitrogens is 1. The number of hydrogen-bond donors (Lipinski definition) is 2. The molecule has 1 amide bonds. The van der Waals surface area contributed by atoms with E-state index in [9.17, 15) is 4.79 Å². The first-order valence-corrected chi connectivity index (χ1v) is 6.11. The monoisotopic (exact) mass is 254 g/mol. The largest absolute Gasteiger partial charge is 0.322 e. The molecular weight excluding hydrogens is 240 g/mol. The van der Waals surface area contributed by atoms with E-state index in [1.54, 1.807) is 23.4 Å². The van der Waals surface area contributed by atoms with Gasteiger partial charge in [-0.05, 0) is 24.1 Å². The molecule has 0 spiro atoms. The Morgan fingerprint density at radius 3 is 3.00 bits per heavy atom. The molecular formula is C14H14N4O. The van der Waals surface area contributed by atoms with Gasteiger partial charge in [-0.1, -0.05) is 18.2 Å². The van der Waals surface area contributed by atoms with Crippen molar-refractivity contribution in [3.05, 3.63) is 53.9 Å².